The fourth-order valence-corrected chi connectivity index (χ4v) is 0.484. The highest BCUT2D eigenvalue weighted by Gasteiger charge is 2.29. The zero-order valence-electron chi connectivity index (χ0n) is 6.52. The van der Waals surface area contributed by atoms with Gasteiger partial charge in [0.15, 0.2) is 6.61 Å². The molecule has 72 valence electrons. The van der Waals surface area contributed by atoms with E-state index in [1.165, 1.54) is 6.92 Å². The van der Waals surface area contributed by atoms with Crippen molar-refractivity contribution in [3.05, 3.63) is 0 Å². The molecule has 0 aliphatic carbocycles. The second kappa shape index (κ2) is 4.30. The summed E-state index contributed by atoms with van der Waals surface area (Å²) in [6.07, 6.45) is -4.66. The normalized spacial score (nSPS) is 14.1. The van der Waals surface area contributed by atoms with Gasteiger partial charge in [-0.3, -0.25) is 4.79 Å². The van der Waals surface area contributed by atoms with E-state index in [0.717, 1.165) is 0 Å². The van der Waals surface area contributed by atoms with Crippen molar-refractivity contribution < 1.29 is 22.7 Å². The average Bonchev–Trinajstić information content (AvgIpc) is 1.80. The van der Waals surface area contributed by atoms with E-state index in [9.17, 15) is 18.0 Å². The third-order valence-corrected chi connectivity index (χ3v) is 0.885. The van der Waals surface area contributed by atoms with Crippen LogP contribution in [0, 0.1) is 0 Å². The largest absolute Gasteiger partial charge is 0.456 e. The molecule has 0 aliphatic rings. The molecule has 0 saturated carbocycles. The maximum absolute atomic E-state index is 11.4. The van der Waals surface area contributed by atoms with E-state index >= 15 is 0 Å². The summed E-state index contributed by atoms with van der Waals surface area (Å²) in [7, 11) is 0. The summed E-state index contributed by atoms with van der Waals surface area (Å²) in [4.78, 5) is 10.5. The van der Waals surface area contributed by atoms with E-state index in [2.05, 4.69) is 4.74 Å². The summed E-state index contributed by atoms with van der Waals surface area (Å²) in [6, 6.07) is -0.481. The summed E-state index contributed by atoms with van der Waals surface area (Å²) in [5, 5.41) is 0. The summed E-state index contributed by atoms with van der Waals surface area (Å²) in [5.74, 6) is -0.928. The van der Waals surface area contributed by atoms with Crippen molar-refractivity contribution in [2.75, 3.05) is 6.61 Å². The predicted octanol–water partition coefficient (Wildman–Crippen LogP) is 0.829. The van der Waals surface area contributed by atoms with E-state index in [1.54, 1.807) is 0 Å². The van der Waals surface area contributed by atoms with Crippen molar-refractivity contribution >= 4 is 5.97 Å². The Morgan fingerprint density at radius 2 is 2.08 bits per heavy atom. The van der Waals surface area contributed by atoms with Gasteiger partial charge in [-0.15, -0.1) is 0 Å². The second-order valence-electron chi connectivity index (χ2n) is 2.46. The molecule has 0 aromatic rings. The molecule has 0 rings (SSSR count). The Labute approximate surface area is 67.7 Å². The Morgan fingerprint density at radius 3 is 2.42 bits per heavy atom. The van der Waals surface area contributed by atoms with Crippen LogP contribution in [0.3, 0.4) is 0 Å². The number of carbonyl (C=O) groups is 1. The number of nitrogens with two attached hydrogens (primary N) is 1. The lowest BCUT2D eigenvalue weighted by atomic mass is 10.3. The lowest BCUT2D eigenvalue weighted by molar-refractivity contribution is -0.186. The van der Waals surface area contributed by atoms with Crippen LogP contribution in [-0.2, 0) is 9.53 Å². The summed E-state index contributed by atoms with van der Waals surface area (Å²) >= 11 is 0. The Hall–Kier alpha value is -0.780. The molecule has 0 saturated heterocycles. The van der Waals surface area contributed by atoms with Crippen LogP contribution < -0.4 is 5.73 Å². The molecule has 0 bridgehead atoms. The number of alkyl halides is 3. The molecule has 0 aromatic heterocycles. The number of esters is 1. The van der Waals surface area contributed by atoms with Crippen LogP contribution in [0.15, 0.2) is 0 Å². The lowest BCUT2D eigenvalue weighted by Crippen LogP contribution is -2.25. The van der Waals surface area contributed by atoms with E-state index in [-0.39, 0.29) is 6.42 Å². The van der Waals surface area contributed by atoms with E-state index in [0.29, 0.717) is 0 Å². The fourth-order valence-electron chi connectivity index (χ4n) is 0.484. The molecule has 12 heavy (non-hydrogen) atoms. The van der Waals surface area contributed by atoms with Crippen LogP contribution in [0.5, 0.6) is 0 Å². The minimum atomic E-state index is -4.46. The Balaban J connectivity index is 3.58. The van der Waals surface area contributed by atoms with Crippen LogP contribution >= 0.6 is 0 Å². The van der Waals surface area contributed by atoms with Gasteiger partial charge in [-0.2, -0.15) is 13.2 Å². The highest BCUT2D eigenvalue weighted by atomic mass is 19.4. The molecule has 0 radical (unpaired) electrons. The first-order valence-corrected chi connectivity index (χ1v) is 3.29. The van der Waals surface area contributed by atoms with Crippen molar-refractivity contribution in [1.29, 1.82) is 0 Å². The van der Waals surface area contributed by atoms with Crippen LogP contribution in [0.2, 0.25) is 0 Å². The van der Waals surface area contributed by atoms with Crippen molar-refractivity contribution in [2.45, 2.75) is 25.6 Å². The second-order valence-corrected chi connectivity index (χ2v) is 2.46. The van der Waals surface area contributed by atoms with Gasteiger partial charge in [0.1, 0.15) is 0 Å². The van der Waals surface area contributed by atoms with Crippen molar-refractivity contribution in [1.82, 2.24) is 0 Å². The minimum absolute atomic E-state index is 0.198. The van der Waals surface area contributed by atoms with Crippen molar-refractivity contribution in [3.63, 3.8) is 0 Å². The number of rotatable bonds is 3. The molecule has 6 heteroatoms. The molecule has 2 N–H and O–H groups in total. The zero-order valence-corrected chi connectivity index (χ0v) is 6.52. The van der Waals surface area contributed by atoms with Crippen molar-refractivity contribution in [3.8, 4) is 0 Å². The molecule has 0 heterocycles. The standard InChI is InChI=1S/C6H10F3NO2/c1-4(10)2-5(11)12-3-6(7,8)9/h4H,2-3,10H2,1H3. The number of ether oxygens (including phenoxy) is 1. The summed E-state index contributed by atoms with van der Waals surface area (Å²) in [5.41, 5.74) is 5.15. The molecule has 3 nitrogen and oxygen atoms in total. The van der Waals surface area contributed by atoms with Gasteiger partial charge in [0.25, 0.3) is 0 Å². The third kappa shape index (κ3) is 7.33. The smallest absolute Gasteiger partial charge is 0.422 e. The predicted molar refractivity (Wildman–Crippen MR) is 35.3 cm³/mol. The summed E-state index contributed by atoms with van der Waals surface area (Å²) < 4.78 is 38.2. The monoisotopic (exact) mass is 185 g/mol. The van der Waals surface area contributed by atoms with Crippen LogP contribution in [0.4, 0.5) is 13.2 Å². The molecule has 1 atom stereocenters. The number of halogens is 3. The molecular formula is C6H10F3NO2. The zero-order chi connectivity index (χ0) is 9.78. The molecule has 0 aliphatic heterocycles. The Kier molecular flexibility index (Phi) is 4.02. The highest BCUT2D eigenvalue weighted by molar-refractivity contribution is 5.70. The van der Waals surface area contributed by atoms with Gasteiger partial charge in [-0.25, -0.2) is 0 Å². The number of hydrogen-bond acceptors (Lipinski definition) is 3. The van der Waals surface area contributed by atoms with E-state index < -0.39 is 24.8 Å². The molecule has 1 unspecified atom stereocenters. The maximum atomic E-state index is 11.4. The molecular weight excluding hydrogens is 175 g/mol. The van der Waals surface area contributed by atoms with Gasteiger partial charge in [0.05, 0.1) is 6.42 Å². The maximum Gasteiger partial charge on any atom is 0.422 e. The fraction of sp³-hybridized carbons (Fsp3) is 0.833. The Bertz CT molecular complexity index is 155. The highest BCUT2D eigenvalue weighted by Crippen LogP contribution is 2.14. The van der Waals surface area contributed by atoms with Crippen molar-refractivity contribution in [2.24, 2.45) is 5.73 Å². The van der Waals surface area contributed by atoms with Gasteiger partial charge >= 0.3 is 12.1 Å². The molecule has 0 amide bonds. The van der Waals surface area contributed by atoms with Crippen LogP contribution in [-0.4, -0.2) is 24.8 Å². The molecule has 0 aromatic carbocycles. The van der Waals surface area contributed by atoms with E-state index in [1.807, 2.05) is 0 Å². The van der Waals surface area contributed by atoms with Crippen LogP contribution in [0.1, 0.15) is 13.3 Å². The Morgan fingerprint density at radius 1 is 1.58 bits per heavy atom. The SMILES string of the molecule is CC(N)CC(=O)OCC(F)(F)F. The first-order chi connectivity index (χ1) is 5.31. The van der Waals surface area contributed by atoms with Gasteiger partial charge in [0.2, 0.25) is 0 Å². The van der Waals surface area contributed by atoms with Gasteiger partial charge < -0.3 is 10.5 Å². The first-order valence-electron chi connectivity index (χ1n) is 3.29. The molecule has 0 fully saturated rings. The summed E-state index contributed by atoms with van der Waals surface area (Å²) in [6.45, 7) is -0.0343. The van der Waals surface area contributed by atoms with E-state index in [4.69, 9.17) is 5.73 Å². The lowest BCUT2D eigenvalue weighted by Gasteiger charge is -2.08. The van der Waals surface area contributed by atoms with Gasteiger partial charge in [0, 0.05) is 6.04 Å². The molecule has 0 spiro atoms. The van der Waals surface area contributed by atoms with Gasteiger partial charge in [-0.05, 0) is 6.92 Å². The quantitative estimate of drug-likeness (QED) is 0.662. The van der Waals surface area contributed by atoms with Crippen LogP contribution in [0.25, 0.3) is 0 Å². The average molecular weight is 185 g/mol. The number of hydrogen-bond donors (Lipinski definition) is 1. The first kappa shape index (κ1) is 11.2. The number of carbonyl (C=O) groups excluding carboxylic acids is 1. The third-order valence-electron chi connectivity index (χ3n) is 0.885. The minimum Gasteiger partial charge on any atom is -0.456 e. The van der Waals surface area contributed by atoms with Gasteiger partial charge in [-0.1, -0.05) is 0 Å². The topological polar surface area (TPSA) is 52.3 Å².